The van der Waals surface area contributed by atoms with Crippen LogP contribution in [0.1, 0.15) is 42.7 Å². The number of aromatic nitrogens is 2. The van der Waals surface area contributed by atoms with Gasteiger partial charge in [0.2, 0.25) is 5.91 Å². The number of carbonyl (C=O) groups excluding carboxylic acids is 2. The highest BCUT2D eigenvalue weighted by molar-refractivity contribution is 5.96. The minimum Gasteiger partial charge on any atom is -0.494 e. The minimum absolute atomic E-state index is 0.0237. The molecule has 1 atom stereocenters. The lowest BCUT2D eigenvalue weighted by Gasteiger charge is -2.28. The Balaban J connectivity index is 1.84. The maximum Gasteiger partial charge on any atom is 0.275 e. The third-order valence-electron chi connectivity index (χ3n) is 5.26. The van der Waals surface area contributed by atoms with E-state index in [0.717, 1.165) is 17.7 Å². The van der Waals surface area contributed by atoms with Crippen LogP contribution in [-0.4, -0.2) is 64.2 Å². The van der Waals surface area contributed by atoms with E-state index in [1.165, 1.54) is 0 Å². The van der Waals surface area contributed by atoms with Crippen LogP contribution in [0.2, 0.25) is 0 Å². The van der Waals surface area contributed by atoms with E-state index in [1.54, 1.807) is 33.9 Å². The van der Waals surface area contributed by atoms with E-state index in [1.807, 2.05) is 39.0 Å². The molecule has 7 nitrogen and oxygen atoms in total. The Labute approximate surface area is 165 Å². The lowest BCUT2D eigenvalue weighted by Crippen LogP contribution is -2.47. The van der Waals surface area contributed by atoms with E-state index in [9.17, 15) is 9.59 Å². The van der Waals surface area contributed by atoms with Crippen LogP contribution < -0.4 is 4.74 Å². The van der Waals surface area contributed by atoms with Crippen LogP contribution >= 0.6 is 0 Å². The summed E-state index contributed by atoms with van der Waals surface area (Å²) in [6, 6.07) is 7.11. The van der Waals surface area contributed by atoms with Crippen molar-refractivity contribution in [2.24, 2.45) is 0 Å². The van der Waals surface area contributed by atoms with Crippen molar-refractivity contribution in [2.75, 3.05) is 26.7 Å². The molecule has 0 spiro atoms. The average Bonchev–Trinajstić information content (AvgIpc) is 3.38. The van der Waals surface area contributed by atoms with E-state index >= 15 is 0 Å². The first-order valence-electron chi connectivity index (χ1n) is 9.80. The van der Waals surface area contributed by atoms with Gasteiger partial charge in [-0.2, -0.15) is 5.10 Å². The molecule has 1 aliphatic heterocycles. The van der Waals surface area contributed by atoms with Gasteiger partial charge < -0.3 is 14.5 Å². The van der Waals surface area contributed by atoms with Crippen LogP contribution in [0.15, 0.2) is 30.5 Å². The van der Waals surface area contributed by atoms with Gasteiger partial charge in [-0.1, -0.05) is 6.07 Å². The van der Waals surface area contributed by atoms with Gasteiger partial charge in [0.25, 0.3) is 5.91 Å². The highest BCUT2D eigenvalue weighted by atomic mass is 16.5. The number of rotatable bonds is 6. The first-order chi connectivity index (χ1) is 13.5. The molecule has 1 aromatic heterocycles. The van der Waals surface area contributed by atoms with Gasteiger partial charge in [-0.15, -0.1) is 0 Å². The molecule has 1 unspecified atom stereocenters. The summed E-state index contributed by atoms with van der Waals surface area (Å²) in [5, 5.41) is 4.47. The molecule has 7 heteroatoms. The number of benzene rings is 1. The van der Waals surface area contributed by atoms with Crippen LogP contribution in [-0.2, 0) is 4.79 Å². The molecule has 0 N–H and O–H groups in total. The molecule has 150 valence electrons. The number of hydrogen-bond acceptors (Lipinski definition) is 4. The van der Waals surface area contributed by atoms with Crippen molar-refractivity contribution in [3.63, 3.8) is 0 Å². The van der Waals surface area contributed by atoms with Gasteiger partial charge in [-0.3, -0.25) is 9.59 Å². The quantitative estimate of drug-likeness (QED) is 0.768. The Kier molecular flexibility index (Phi) is 6.02. The van der Waals surface area contributed by atoms with Gasteiger partial charge in [0.1, 0.15) is 17.5 Å². The summed E-state index contributed by atoms with van der Waals surface area (Å²) in [4.78, 5) is 29.3. The summed E-state index contributed by atoms with van der Waals surface area (Å²) in [5.74, 6) is 0.507. The van der Waals surface area contributed by atoms with E-state index in [4.69, 9.17) is 4.74 Å². The summed E-state index contributed by atoms with van der Waals surface area (Å²) in [6.07, 6.45) is 3.28. The highest BCUT2D eigenvalue weighted by Crippen LogP contribution is 2.25. The molecular weight excluding hydrogens is 356 g/mol. The molecule has 0 bridgehead atoms. The van der Waals surface area contributed by atoms with Crippen molar-refractivity contribution < 1.29 is 14.3 Å². The maximum absolute atomic E-state index is 13.1. The number of nitrogens with zero attached hydrogens (tertiary/aromatic N) is 4. The highest BCUT2D eigenvalue weighted by Gasteiger charge is 2.37. The van der Waals surface area contributed by atoms with E-state index in [-0.39, 0.29) is 11.8 Å². The van der Waals surface area contributed by atoms with Crippen LogP contribution in [0.4, 0.5) is 0 Å². The number of hydrogen-bond donors (Lipinski definition) is 0. The zero-order valence-corrected chi connectivity index (χ0v) is 17.0. The van der Waals surface area contributed by atoms with Gasteiger partial charge in [0.05, 0.1) is 7.11 Å². The maximum atomic E-state index is 13.1. The van der Waals surface area contributed by atoms with Crippen LogP contribution in [0.25, 0.3) is 5.69 Å². The van der Waals surface area contributed by atoms with Gasteiger partial charge >= 0.3 is 0 Å². The summed E-state index contributed by atoms with van der Waals surface area (Å²) in [6.45, 7) is 7.79. The van der Waals surface area contributed by atoms with Crippen LogP contribution in [0, 0.1) is 6.92 Å². The second-order valence-corrected chi connectivity index (χ2v) is 6.99. The summed E-state index contributed by atoms with van der Waals surface area (Å²) in [7, 11) is 1.61. The number of carbonyl (C=O) groups is 2. The molecule has 2 amide bonds. The minimum atomic E-state index is -0.397. The summed E-state index contributed by atoms with van der Waals surface area (Å²) in [5.41, 5.74) is 2.19. The van der Waals surface area contributed by atoms with Crippen LogP contribution in [0.3, 0.4) is 0 Å². The Bertz CT molecular complexity index is 857. The fourth-order valence-corrected chi connectivity index (χ4v) is 3.71. The molecule has 0 saturated carbocycles. The molecule has 1 aromatic carbocycles. The van der Waals surface area contributed by atoms with Crippen molar-refractivity contribution in [3.05, 3.63) is 41.7 Å². The number of ether oxygens (including phenoxy) is 1. The Morgan fingerprint density at radius 2 is 2.00 bits per heavy atom. The van der Waals surface area contributed by atoms with Crippen molar-refractivity contribution >= 4 is 11.8 Å². The van der Waals surface area contributed by atoms with E-state index < -0.39 is 6.04 Å². The number of likely N-dealkylation sites (N-methyl/N-ethyl adjacent to an activating group) is 1. The van der Waals surface area contributed by atoms with E-state index in [0.29, 0.717) is 37.5 Å². The van der Waals surface area contributed by atoms with Gasteiger partial charge in [0, 0.05) is 25.8 Å². The fraction of sp³-hybridized carbons (Fsp3) is 0.476. The monoisotopic (exact) mass is 384 g/mol. The zero-order chi connectivity index (χ0) is 20.3. The molecule has 1 fully saturated rings. The number of likely N-dealkylation sites (tertiary alicyclic amines) is 1. The summed E-state index contributed by atoms with van der Waals surface area (Å²) >= 11 is 0. The number of amides is 2. The van der Waals surface area contributed by atoms with Crippen LogP contribution in [0.5, 0.6) is 5.75 Å². The SMILES string of the molecule is CCN(CC)C(=O)C1CCCN1C(=O)c1ccn(-c2cc(C)ccc2OC)n1. The third kappa shape index (κ3) is 3.74. The molecule has 1 aliphatic rings. The van der Waals surface area contributed by atoms with Crippen molar-refractivity contribution in [3.8, 4) is 11.4 Å². The Morgan fingerprint density at radius 1 is 1.25 bits per heavy atom. The van der Waals surface area contributed by atoms with Crippen molar-refractivity contribution in [2.45, 2.75) is 39.7 Å². The molecule has 2 aromatic rings. The van der Waals surface area contributed by atoms with Gasteiger partial charge in [-0.25, -0.2) is 4.68 Å². The zero-order valence-electron chi connectivity index (χ0n) is 17.0. The second-order valence-electron chi connectivity index (χ2n) is 6.99. The first kappa shape index (κ1) is 19.9. The number of methoxy groups -OCH3 is 1. The predicted molar refractivity (Wildman–Crippen MR) is 107 cm³/mol. The topological polar surface area (TPSA) is 67.7 Å². The molecule has 1 saturated heterocycles. The smallest absolute Gasteiger partial charge is 0.275 e. The molecule has 3 rings (SSSR count). The third-order valence-corrected chi connectivity index (χ3v) is 5.26. The molecular formula is C21H28N4O3. The molecule has 28 heavy (non-hydrogen) atoms. The lowest BCUT2D eigenvalue weighted by atomic mass is 10.2. The average molecular weight is 384 g/mol. The predicted octanol–water partition coefficient (Wildman–Crippen LogP) is 2.66. The Hall–Kier alpha value is -2.83. The Morgan fingerprint density at radius 3 is 2.68 bits per heavy atom. The second kappa shape index (κ2) is 8.46. The molecule has 0 aliphatic carbocycles. The summed E-state index contributed by atoms with van der Waals surface area (Å²) < 4.78 is 7.07. The van der Waals surface area contributed by atoms with Crippen molar-refractivity contribution in [1.82, 2.24) is 19.6 Å². The normalized spacial score (nSPS) is 16.3. The lowest BCUT2D eigenvalue weighted by molar-refractivity contribution is -0.134. The molecule has 0 radical (unpaired) electrons. The fourth-order valence-electron chi connectivity index (χ4n) is 3.71. The largest absolute Gasteiger partial charge is 0.494 e. The van der Waals surface area contributed by atoms with E-state index in [2.05, 4.69) is 5.10 Å². The van der Waals surface area contributed by atoms with Gasteiger partial charge in [0.15, 0.2) is 5.69 Å². The first-order valence-corrected chi connectivity index (χ1v) is 9.80. The van der Waals surface area contributed by atoms with Crippen molar-refractivity contribution in [1.29, 1.82) is 0 Å². The number of aryl methyl sites for hydroxylation is 1. The van der Waals surface area contributed by atoms with Gasteiger partial charge in [-0.05, 0) is 57.4 Å². The molecule has 2 heterocycles. The standard InChI is InChI=1S/C21H28N4O3/c1-5-23(6-2)21(27)17-8-7-12-24(17)20(26)16-11-13-25(22-16)18-14-15(3)9-10-19(18)28-4/h9-11,13-14,17H,5-8,12H2,1-4H3.